The van der Waals surface area contributed by atoms with Gasteiger partial charge < -0.3 is 10.2 Å². The minimum absolute atomic E-state index is 0.657. The summed E-state index contributed by atoms with van der Waals surface area (Å²) >= 11 is 3.56. The van der Waals surface area contributed by atoms with Gasteiger partial charge >= 0.3 is 0 Å². The fraction of sp³-hybridized carbons (Fsp3) is 0.625. The summed E-state index contributed by atoms with van der Waals surface area (Å²) in [6, 6.07) is 7.38. The van der Waals surface area contributed by atoms with E-state index in [1.54, 1.807) is 0 Å². The molecule has 0 aromatic heterocycles. The Morgan fingerprint density at radius 3 is 2.79 bits per heavy atom. The molecule has 1 aromatic carbocycles. The van der Waals surface area contributed by atoms with Crippen molar-refractivity contribution >= 4 is 15.9 Å². The Balaban J connectivity index is 1.80. The number of rotatable bonds is 6. The van der Waals surface area contributed by atoms with Crippen LogP contribution in [0.5, 0.6) is 0 Å². The van der Waals surface area contributed by atoms with E-state index in [9.17, 15) is 0 Å². The van der Waals surface area contributed by atoms with Gasteiger partial charge in [0.1, 0.15) is 0 Å². The van der Waals surface area contributed by atoms with Gasteiger partial charge in [-0.05, 0) is 55.6 Å². The first-order valence-electron chi connectivity index (χ1n) is 7.46. The summed E-state index contributed by atoms with van der Waals surface area (Å²) in [5.41, 5.74) is 3.05. The molecule has 0 fully saturated rings. The molecule has 106 valence electrons. The highest BCUT2D eigenvalue weighted by molar-refractivity contribution is 9.10. The topological polar surface area (TPSA) is 15.3 Å². The number of likely N-dealkylation sites (N-methyl/N-ethyl adjacent to an activating group) is 1. The molecule has 0 bridgehead atoms. The third kappa shape index (κ3) is 4.30. The maximum Gasteiger partial charge on any atom is 0.0178 e. The standard InChI is InChI=1S/C16H25BrN2/c1-3-19(4-2)10-9-18-16-8-6-13-11-15(17)7-5-14(13)12-16/h5,7,11,16,18H,3-4,6,8-10,12H2,1-2H3. The van der Waals surface area contributed by atoms with Crippen LogP contribution in [0.2, 0.25) is 0 Å². The molecule has 0 spiro atoms. The molecule has 3 heteroatoms. The van der Waals surface area contributed by atoms with Crippen LogP contribution < -0.4 is 5.32 Å². The number of fused-ring (bicyclic) bond motifs is 1. The van der Waals surface area contributed by atoms with Crippen LogP contribution in [-0.4, -0.2) is 37.1 Å². The summed E-state index contributed by atoms with van der Waals surface area (Å²) in [6.45, 7) is 9.05. The Hall–Kier alpha value is -0.380. The van der Waals surface area contributed by atoms with Gasteiger partial charge in [-0.15, -0.1) is 0 Å². The number of nitrogens with zero attached hydrogens (tertiary/aromatic N) is 1. The van der Waals surface area contributed by atoms with Crippen LogP contribution >= 0.6 is 15.9 Å². The number of nitrogens with one attached hydrogen (secondary N) is 1. The highest BCUT2D eigenvalue weighted by Crippen LogP contribution is 2.24. The van der Waals surface area contributed by atoms with Crippen LogP contribution in [0.4, 0.5) is 0 Å². The molecule has 1 N–H and O–H groups in total. The Bertz CT molecular complexity index is 402. The first kappa shape index (κ1) is 15.0. The zero-order valence-electron chi connectivity index (χ0n) is 12.1. The van der Waals surface area contributed by atoms with Crippen LogP contribution in [0.25, 0.3) is 0 Å². The number of halogens is 1. The van der Waals surface area contributed by atoms with Crippen molar-refractivity contribution in [3.05, 3.63) is 33.8 Å². The lowest BCUT2D eigenvalue weighted by atomic mass is 9.88. The van der Waals surface area contributed by atoms with Crippen molar-refractivity contribution < 1.29 is 0 Å². The predicted molar refractivity (Wildman–Crippen MR) is 85.7 cm³/mol. The van der Waals surface area contributed by atoms with E-state index in [0.717, 1.165) is 26.2 Å². The number of aryl methyl sites for hydroxylation is 1. The average molecular weight is 325 g/mol. The molecule has 1 unspecified atom stereocenters. The Labute approximate surface area is 125 Å². The van der Waals surface area contributed by atoms with Gasteiger partial charge in [0.15, 0.2) is 0 Å². The van der Waals surface area contributed by atoms with E-state index in [4.69, 9.17) is 0 Å². The van der Waals surface area contributed by atoms with E-state index in [1.807, 2.05) is 0 Å². The smallest absolute Gasteiger partial charge is 0.0178 e. The molecule has 2 rings (SSSR count). The summed E-state index contributed by atoms with van der Waals surface area (Å²) < 4.78 is 1.21. The van der Waals surface area contributed by atoms with Crippen LogP contribution in [-0.2, 0) is 12.8 Å². The second-order valence-corrected chi connectivity index (χ2v) is 6.25. The highest BCUT2D eigenvalue weighted by atomic mass is 79.9. The van der Waals surface area contributed by atoms with E-state index < -0.39 is 0 Å². The van der Waals surface area contributed by atoms with Gasteiger partial charge in [-0.3, -0.25) is 0 Å². The van der Waals surface area contributed by atoms with E-state index in [1.165, 1.54) is 34.9 Å². The molecule has 0 radical (unpaired) electrons. The summed E-state index contributed by atoms with van der Waals surface area (Å²) in [7, 11) is 0. The van der Waals surface area contributed by atoms with Crippen molar-refractivity contribution in [2.24, 2.45) is 0 Å². The Kier molecular flexibility index (Phi) is 5.86. The molecule has 2 nitrogen and oxygen atoms in total. The van der Waals surface area contributed by atoms with Crippen LogP contribution in [0.3, 0.4) is 0 Å². The normalized spacial score (nSPS) is 18.6. The number of hydrogen-bond donors (Lipinski definition) is 1. The molecule has 1 atom stereocenters. The van der Waals surface area contributed by atoms with E-state index >= 15 is 0 Å². The fourth-order valence-corrected chi connectivity index (χ4v) is 3.27. The van der Waals surface area contributed by atoms with Gasteiger partial charge in [-0.1, -0.05) is 35.8 Å². The van der Waals surface area contributed by atoms with E-state index in [-0.39, 0.29) is 0 Å². The van der Waals surface area contributed by atoms with Crippen molar-refractivity contribution in [3.8, 4) is 0 Å². The summed E-state index contributed by atoms with van der Waals surface area (Å²) in [5.74, 6) is 0. The van der Waals surface area contributed by atoms with Gasteiger partial charge in [0.05, 0.1) is 0 Å². The van der Waals surface area contributed by atoms with Crippen LogP contribution in [0.15, 0.2) is 22.7 Å². The Morgan fingerprint density at radius 1 is 1.26 bits per heavy atom. The van der Waals surface area contributed by atoms with E-state index in [2.05, 4.69) is 58.2 Å². The molecule has 1 aliphatic rings. The van der Waals surface area contributed by atoms with Gasteiger partial charge in [0.25, 0.3) is 0 Å². The van der Waals surface area contributed by atoms with Gasteiger partial charge in [-0.2, -0.15) is 0 Å². The zero-order chi connectivity index (χ0) is 13.7. The fourth-order valence-electron chi connectivity index (χ4n) is 2.86. The first-order valence-corrected chi connectivity index (χ1v) is 8.25. The van der Waals surface area contributed by atoms with Crippen molar-refractivity contribution in [2.75, 3.05) is 26.2 Å². The SMILES string of the molecule is CCN(CC)CCNC1CCc2cc(Br)ccc2C1. The second-order valence-electron chi connectivity index (χ2n) is 5.33. The lowest BCUT2D eigenvalue weighted by molar-refractivity contribution is 0.293. The zero-order valence-corrected chi connectivity index (χ0v) is 13.7. The largest absolute Gasteiger partial charge is 0.312 e. The molecule has 19 heavy (non-hydrogen) atoms. The molecule has 0 aliphatic heterocycles. The number of benzene rings is 1. The summed E-state index contributed by atoms with van der Waals surface area (Å²) in [6.07, 6.45) is 3.65. The maximum atomic E-state index is 3.72. The highest BCUT2D eigenvalue weighted by Gasteiger charge is 2.18. The summed E-state index contributed by atoms with van der Waals surface area (Å²) in [5, 5.41) is 3.72. The van der Waals surface area contributed by atoms with Gasteiger partial charge in [0, 0.05) is 23.6 Å². The molecule has 0 saturated carbocycles. The minimum Gasteiger partial charge on any atom is -0.312 e. The molecular weight excluding hydrogens is 300 g/mol. The van der Waals surface area contributed by atoms with Crippen molar-refractivity contribution in [2.45, 2.75) is 39.2 Å². The van der Waals surface area contributed by atoms with Crippen LogP contribution in [0.1, 0.15) is 31.4 Å². The lowest BCUT2D eigenvalue weighted by Gasteiger charge is -2.27. The molecule has 1 aromatic rings. The van der Waals surface area contributed by atoms with Crippen LogP contribution in [0, 0.1) is 0 Å². The monoisotopic (exact) mass is 324 g/mol. The number of hydrogen-bond acceptors (Lipinski definition) is 2. The van der Waals surface area contributed by atoms with Gasteiger partial charge in [0.2, 0.25) is 0 Å². The third-order valence-electron chi connectivity index (χ3n) is 4.15. The van der Waals surface area contributed by atoms with E-state index in [0.29, 0.717) is 6.04 Å². The maximum absolute atomic E-state index is 3.72. The van der Waals surface area contributed by atoms with Crippen molar-refractivity contribution in [3.63, 3.8) is 0 Å². The second kappa shape index (κ2) is 7.41. The van der Waals surface area contributed by atoms with Crippen molar-refractivity contribution in [1.29, 1.82) is 0 Å². The molecule has 0 amide bonds. The lowest BCUT2D eigenvalue weighted by Crippen LogP contribution is -2.39. The van der Waals surface area contributed by atoms with Gasteiger partial charge in [-0.25, -0.2) is 0 Å². The first-order chi connectivity index (χ1) is 9.22. The quantitative estimate of drug-likeness (QED) is 0.864. The molecular formula is C16H25BrN2. The summed E-state index contributed by atoms with van der Waals surface area (Å²) in [4.78, 5) is 2.47. The predicted octanol–water partition coefficient (Wildman–Crippen LogP) is 3.24. The molecule has 0 saturated heterocycles. The molecule has 1 aliphatic carbocycles. The molecule has 0 heterocycles. The average Bonchev–Trinajstić information content (AvgIpc) is 2.43. The Morgan fingerprint density at radius 2 is 2.05 bits per heavy atom. The van der Waals surface area contributed by atoms with Crippen molar-refractivity contribution in [1.82, 2.24) is 10.2 Å². The third-order valence-corrected chi connectivity index (χ3v) is 4.65. The minimum atomic E-state index is 0.657.